The number of amides is 2. The SMILES string of the molecule is COc1ccc(N2C(=O)CCCC2=O)cc1S(=O)(=O)Nc1cccc(C#N)c1. The van der Waals surface area contributed by atoms with Gasteiger partial charge in [0.2, 0.25) is 11.8 Å². The van der Waals surface area contributed by atoms with Crippen LogP contribution in [-0.4, -0.2) is 27.3 Å². The molecule has 0 unspecified atom stereocenters. The minimum Gasteiger partial charge on any atom is -0.495 e. The second-order valence-corrected chi connectivity index (χ2v) is 7.76. The molecule has 1 N–H and O–H groups in total. The molecule has 0 bridgehead atoms. The first kappa shape index (κ1) is 19.4. The number of imide groups is 1. The summed E-state index contributed by atoms with van der Waals surface area (Å²) >= 11 is 0. The lowest BCUT2D eigenvalue weighted by molar-refractivity contribution is -0.129. The Kier molecular flexibility index (Phi) is 5.33. The van der Waals surface area contributed by atoms with Gasteiger partial charge in [0.15, 0.2) is 0 Å². The standard InChI is InChI=1S/C19H17N3O5S/c1-27-16-9-8-15(22-18(23)6-3-7-19(22)24)11-17(16)28(25,26)21-14-5-2-4-13(10-14)12-20/h2,4-5,8-11,21H,3,6-7H2,1H3. The van der Waals surface area contributed by atoms with Gasteiger partial charge < -0.3 is 4.74 Å². The highest BCUT2D eigenvalue weighted by Gasteiger charge is 2.29. The van der Waals surface area contributed by atoms with Gasteiger partial charge in [-0.25, -0.2) is 8.42 Å². The zero-order valence-electron chi connectivity index (χ0n) is 15.0. The molecule has 0 aromatic heterocycles. The van der Waals surface area contributed by atoms with Gasteiger partial charge in [-0.1, -0.05) is 6.07 Å². The number of sulfonamides is 1. The van der Waals surface area contributed by atoms with Crippen LogP contribution in [0.5, 0.6) is 5.75 Å². The molecule has 1 aliphatic rings. The summed E-state index contributed by atoms with van der Waals surface area (Å²) in [6, 6.07) is 12.0. The first-order valence-electron chi connectivity index (χ1n) is 8.42. The number of nitrogens with zero attached hydrogens (tertiary/aromatic N) is 2. The van der Waals surface area contributed by atoms with Crippen LogP contribution < -0.4 is 14.4 Å². The van der Waals surface area contributed by atoms with E-state index in [2.05, 4.69) is 4.72 Å². The van der Waals surface area contributed by atoms with Crippen molar-refractivity contribution < 1.29 is 22.7 Å². The molecule has 0 saturated carbocycles. The fourth-order valence-corrected chi connectivity index (χ4v) is 4.16. The van der Waals surface area contributed by atoms with Crippen molar-refractivity contribution >= 4 is 33.2 Å². The first-order valence-corrected chi connectivity index (χ1v) is 9.91. The molecule has 1 saturated heterocycles. The Bertz CT molecular complexity index is 1070. The summed E-state index contributed by atoms with van der Waals surface area (Å²) < 4.78 is 33.4. The number of hydrogen-bond acceptors (Lipinski definition) is 6. The summed E-state index contributed by atoms with van der Waals surface area (Å²) in [4.78, 5) is 25.1. The van der Waals surface area contributed by atoms with E-state index in [0.29, 0.717) is 12.0 Å². The lowest BCUT2D eigenvalue weighted by atomic mass is 10.1. The van der Waals surface area contributed by atoms with E-state index in [1.807, 2.05) is 6.07 Å². The predicted octanol–water partition coefficient (Wildman–Crippen LogP) is 2.41. The van der Waals surface area contributed by atoms with Gasteiger partial charge in [-0.05, 0) is 42.8 Å². The Morgan fingerprint density at radius 1 is 1.11 bits per heavy atom. The molecule has 2 amide bonds. The third-order valence-electron chi connectivity index (χ3n) is 4.22. The van der Waals surface area contributed by atoms with Gasteiger partial charge in [0.05, 0.1) is 30.1 Å². The average Bonchev–Trinajstić information content (AvgIpc) is 2.67. The largest absolute Gasteiger partial charge is 0.495 e. The minimum absolute atomic E-state index is 0.0598. The van der Waals surface area contributed by atoms with Gasteiger partial charge in [-0.15, -0.1) is 0 Å². The second kappa shape index (κ2) is 7.70. The van der Waals surface area contributed by atoms with Crippen LogP contribution >= 0.6 is 0 Å². The summed E-state index contributed by atoms with van der Waals surface area (Å²) in [5.74, 6) is -0.691. The summed E-state index contributed by atoms with van der Waals surface area (Å²) in [6.45, 7) is 0. The van der Waals surface area contributed by atoms with Crippen LogP contribution in [0, 0.1) is 11.3 Å². The summed E-state index contributed by atoms with van der Waals surface area (Å²) in [6.07, 6.45) is 0.921. The maximum atomic E-state index is 12.9. The van der Waals surface area contributed by atoms with Gasteiger partial charge in [0.25, 0.3) is 10.0 Å². The number of carbonyl (C=O) groups excluding carboxylic acids is 2. The van der Waals surface area contributed by atoms with Crippen molar-refractivity contribution in [2.45, 2.75) is 24.2 Å². The van der Waals surface area contributed by atoms with E-state index < -0.39 is 10.0 Å². The zero-order chi connectivity index (χ0) is 20.3. The van der Waals surface area contributed by atoms with Crippen molar-refractivity contribution in [3.63, 3.8) is 0 Å². The van der Waals surface area contributed by atoms with Crippen LogP contribution in [0.15, 0.2) is 47.4 Å². The highest BCUT2D eigenvalue weighted by Crippen LogP contribution is 2.32. The molecule has 1 fully saturated rings. The van der Waals surface area contributed by atoms with Gasteiger partial charge in [-0.2, -0.15) is 5.26 Å². The summed E-state index contributed by atoms with van der Waals surface area (Å²) in [7, 11) is -2.79. The first-order chi connectivity index (χ1) is 13.4. The number of nitrogens with one attached hydrogen (secondary N) is 1. The topological polar surface area (TPSA) is 117 Å². The maximum absolute atomic E-state index is 12.9. The van der Waals surface area contributed by atoms with Crippen molar-refractivity contribution in [2.24, 2.45) is 0 Å². The Hall–Kier alpha value is -3.38. The molecule has 0 spiro atoms. The van der Waals surface area contributed by atoms with Crippen molar-refractivity contribution in [3.05, 3.63) is 48.0 Å². The number of methoxy groups -OCH3 is 1. The van der Waals surface area contributed by atoms with E-state index in [0.717, 1.165) is 4.90 Å². The highest BCUT2D eigenvalue weighted by molar-refractivity contribution is 7.92. The molecule has 0 atom stereocenters. The van der Waals surface area contributed by atoms with Gasteiger partial charge in [0.1, 0.15) is 10.6 Å². The molecule has 0 radical (unpaired) electrons. The van der Waals surface area contributed by atoms with Crippen LogP contribution in [0.3, 0.4) is 0 Å². The van der Waals surface area contributed by atoms with E-state index in [4.69, 9.17) is 10.00 Å². The van der Waals surface area contributed by atoms with Crippen LogP contribution in [0.2, 0.25) is 0 Å². The second-order valence-electron chi connectivity index (χ2n) is 6.11. The highest BCUT2D eigenvalue weighted by atomic mass is 32.2. The Labute approximate surface area is 162 Å². The number of piperidine rings is 1. The average molecular weight is 399 g/mol. The zero-order valence-corrected chi connectivity index (χ0v) is 15.8. The predicted molar refractivity (Wildman–Crippen MR) is 101 cm³/mol. The Morgan fingerprint density at radius 2 is 1.82 bits per heavy atom. The molecular formula is C19H17N3O5S. The summed E-state index contributed by atoms with van der Waals surface area (Å²) in [5, 5.41) is 8.97. The van der Waals surface area contributed by atoms with E-state index in [9.17, 15) is 18.0 Å². The normalized spacial score (nSPS) is 14.5. The number of ether oxygens (including phenoxy) is 1. The third-order valence-corrected chi connectivity index (χ3v) is 5.62. The lowest BCUT2D eigenvalue weighted by Crippen LogP contribution is -2.40. The van der Waals surface area contributed by atoms with Crippen LogP contribution in [0.25, 0.3) is 0 Å². The molecule has 1 aliphatic heterocycles. The van der Waals surface area contributed by atoms with E-state index >= 15 is 0 Å². The fourth-order valence-electron chi connectivity index (χ4n) is 2.92. The molecule has 8 nitrogen and oxygen atoms in total. The van der Waals surface area contributed by atoms with E-state index in [1.165, 1.54) is 37.4 Å². The van der Waals surface area contributed by atoms with Gasteiger partial charge in [-0.3, -0.25) is 19.2 Å². The lowest BCUT2D eigenvalue weighted by Gasteiger charge is -2.25. The minimum atomic E-state index is -4.11. The molecular weight excluding hydrogens is 382 g/mol. The molecule has 3 rings (SSSR count). The van der Waals surface area contributed by atoms with Gasteiger partial charge in [0, 0.05) is 12.8 Å². The van der Waals surface area contributed by atoms with Crippen molar-refractivity contribution in [1.82, 2.24) is 0 Å². The van der Waals surface area contributed by atoms with Crippen molar-refractivity contribution in [1.29, 1.82) is 5.26 Å². The van der Waals surface area contributed by atoms with E-state index in [-0.39, 0.29) is 46.7 Å². The van der Waals surface area contributed by atoms with E-state index in [1.54, 1.807) is 12.1 Å². The van der Waals surface area contributed by atoms with Crippen LogP contribution in [-0.2, 0) is 19.6 Å². The number of carbonyl (C=O) groups is 2. The number of hydrogen-bond donors (Lipinski definition) is 1. The molecule has 2 aromatic carbocycles. The maximum Gasteiger partial charge on any atom is 0.265 e. The number of nitriles is 1. The quantitative estimate of drug-likeness (QED) is 0.772. The molecule has 0 aliphatic carbocycles. The number of benzene rings is 2. The van der Waals surface area contributed by atoms with Gasteiger partial charge >= 0.3 is 0 Å². The number of rotatable bonds is 5. The van der Waals surface area contributed by atoms with Crippen LogP contribution in [0.4, 0.5) is 11.4 Å². The molecule has 28 heavy (non-hydrogen) atoms. The molecule has 1 heterocycles. The van der Waals surface area contributed by atoms with Crippen molar-refractivity contribution in [3.8, 4) is 11.8 Å². The Balaban J connectivity index is 2.02. The number of anilines is 2. The molecule has 9 heteroatoms. The Morgan fingerprint density at radius 3 is 2.46 bits per heavy atom. The third kappa shape index (κ3) is 3.82. The smallest absolute Gasteiger partial charge is 0.265 e. The monoisotopic (exact) mass is 399 g/mol. The fraction of sp³-hybridized carbons (Fsp3) is 0.211. The molecule has 144 valence electrons. The summed E-state index contributed by atoms with van der Waals surface area (Å²) in [5.41, 5.74) is 0.670. The van der Waals surface area contributed by atoms with Crippen molar-refractivity contribution in [2.75, 3.05) is 16.7 Å². The van der Waals surface area contributed by atoms with Crippen LogP contribution in [0.1, 0.15) is 24.8 Å². The molecule has 2 aromatic rings.